The minimum absolute atomic E-state index is 0.00707. The summed E-state index contributed by atoms with van der Waals surface area (Å²) in [4.78, 5) is 33.4. The summed E-state index contributed by atoms with van der Waals surface area (Å²) in [5, 5.41) is 12.3. The molecule has 0 bridgehead atoms. The Morgan fingerprint density at radius 1 is 1.09 bits per heavy atom. The quantitative estimate of drug-likeness (QED) is 0.460. The third kappa shape index (κ3) is 3.23. The number of rotatable bonds is 4. The summed E-state index contributed by atoms with van der Waals surface area (Å²) in [5.74, 6) is -0.766. The first-order chi connectivity index (χ1) is 15.5. The number of aromatic nitrogens is 3. The van der Waals surface area contributed by atoms with Crippen LogP contribution in [0.4, 0.5) is 4.39 Å². The van der Waals surface area contributed by atoms with E-state index in [0.717, 1.165) is 33.1 Å². The molecular weight excluding hydrogens is 411 g/mol. The molecule has 5 rings (SSSR count). The van der Waals surface area contributed by atoms with Crippen molar-refractivity contribution < 1.29 is 9.50 Å². The van der Waals surface area contributed by atoms with E-state index >= 15 is 0 Å². The second-order valence-electron chi connectivity index (χ2n) is 8.05. The number of fused-ring (bicyclic) bond motifs is 3. The number of benzene rings is 2. The van der Waals surface area contributed by atoms with Gasteiger partial charge in [-0.15, -0.1) is 0 Å². The summed E-state index contributed by atoms with van der Waals surface area (Å²) in [6.45, 7) is 3.38. The number of nitrogens with zero attached hydrogens (tertiary/aromatic N) is 2. The van der Waals surface area contributed by atoms with Gasteiger partial charge in [-0.3, -0.25) is 19.2 Å². The normalized spacial score (nSPS) is 16.4. The van der Waals surface area contributed by atoms with Gasteiger partial charge in [0.05, 0.1) is 12.6 Å². The maximum absolute atomic E-state index is 13.3. The summed E-state index contributed by atoms with van der Waals surface area (Å²) < 4.78 is 14.4. The van der Waals surface area contributed by atoms with Gasteiger partial charge < -0.3 is 10.1 Å². The van der Waals surface area contributed by atoms with Crippen LogP contribution < -0.4 is 11.2 Å². The van der Waals surface area contributed by atoms with E-state index in [4.69, 9.17) is 0 Å². The number of aromatic hydroxyl groups is 1. The molecule has 1 atom stereocenters. The highest BCUT2D eigenvalue weighted by atomic mass is 19.1. The minimum Gasteiger partial charge on any atom is -0.494 e. The second kappa shape index (κ2) is 7.80. The van der Waals surface area contributed by atoms with Crippen LogP contribution in [0.3, 0.4) is 0 Å². The van der Waals surface area contributed by atoms with Gasteiger partial charge in [0.2, 0.25) is 5.88 Å². The average Bonchev–Trinajstić information content (AvgIpc) is 3.17. The maximum Gasteiger partial charge on any atom is 0.331 e. The van der Waals surface area contributed by atoms with Gasteiger partial charge >= 0.3 is 5.69 Å². The van der Waals surface area contributed by atoms with Crippen LogP contribution in [0, 0.1) is 5.82 Å². The molecule has 0 aliphatic carbocycles. The Kier molecular flexibility index (Phi) is 4.94. The number of halogens is 1. The summed E-state index contributed by atoms with van der Waals surface area (Å²) in [7, 11) is 0. The number of likely N-dealkylation sites (N-methyl/N-ethyl adjacent to an activating group) is 1. The Morgan fingerprint density at radius 3 is 2.59 bits per heavy atom. The van der Waals surface area contributed by atoms with E-state index in [-0.39, 0.29) is 23.8 Å². The summed E-state index contributed by atoms with van der Waals surface area (Å²) >= 11 is 0. The van der Waals surface area contributed by atoms with E-state index in [0.29, 0.717) is 18.7 Å². The number of para-hydroxylation sites is 1. The Bertz CT molecular complexity index is 1420. The van der Waals surface area contributed by atoms with E-state index in [1.807, 2.05) is 31.2 Å². The molecule has 7 nitrogen and oxygen atoms in total. The predicted octanol–water partition coefficient (Wildman–Crippen LogP) is 2.88. The summed E-state index contributed by atoms with van der Waals surface area (Å²) in [6, 6.07) is 13.1. The maximum atomic E-state index is 13.3. The van der Waals surface area contributed by atoms with Crippen molar-refractivity contribution in [3.05, 3.63) is 97.6 Å². The smallest absolute Gasteiger partial charge is 0.331 e. The Hall–Kier alpha value is -3.65. The molecule has 32 heavy (non-hydrogen) atoms. The van der Waals surface area contributed by atoms with Gasteiger partial charge in [0.1, 0.15) is 11.4 Å². The predicted molar refractivity (Wildman–Crippen MR) is 120 cm³/mol. The van der Waals surface area contributed by atoms with Crippen LogP contribution in [0.15, 0.2) is 58.1 Å². The van der Waals surface area contributed by atoms with Crippen molar-refractivity contribution in [2.45, 2.75) is 25.9 Å². The molecule has 164 valence electrons. The number of hydrogen-bond donors (Lipinski definition) is 3. The van der Waals surface area contributed by atoms with Gasteiger partial charge in [-0.2, -0.15) is 0 Å². The average molecular weight is 434 g/mol. The fourth-order valence-electron chi connectivity index (χ4n) is 4.70. The van der Waals surface area contributed by atoms with Crippen molar-refractivity contribution in [1.82, 2.24) is 19.4 Å². The van der Waals surface area contributed by atoms with E-state index < -0.39 is 17.3 Å². The van der Waals surface area contributed by atoms with Crippen LogP contribution >= 0.6 is 0 Å². The van der Waals surface area contributed by atoms with E-state index in [1.54, 1.807) is 12.1 Å². The lowest BCUT2D eigenvalue weighted by molar-refractivity contribution is 0.214. The van der Waals surface area contributed by atoms with Crippen LogP contribution in [0.5, 0.6) is 5.88 Å². The van der Waals surface area contributed by atoms with E-state index in [9.17, 15) is 19.1 Å². The lowest BCUT2D eigenvalue weighted by atomic mass is 9.93. The third-order valence-corrected chi connectivity index (χ3v) is 6.27. The number of aromatic amines is 2. The molecule has 2 aromatic carbocycles. The third-order valence-electron chi connectivity index (χ3n) is 6.27. The molecular formula is C24H23FN4O3. The molecule has 2 aromatic heterocycles. The van der Waals surface area contributed by atoms with Gasteiger partial charge in [-0.1, -0.05) is 37.3 Å². The molecule has 3 heterocycles. The first-order valence-electron chi connectivity index (χ1n) is 10.6. The highest BCUT2D eigenvalue weighted by Crippen LogP contribution is 2.39. The number of H-pyrrole nitrogens is 2. The Morgan fingerprint density at radius 2 is 1.84 bits per heavy atom. The molecule has 0 spiro atoms. The largest absolute Gasteiger partial charge is 0.494 e. The zero-order valence-electron chi connectivity index (χ0n) is 17.6. The van der Waals surface area contributed by atoms with Crippen LogP contribution in [-0.2, 0) is 13.0 Å². The molecule has 0 fully saturated rings. The molecule has 0 saturated heterocycles. The highest BCUT2D eigenvalue weighted by molar-refractivity contribution is 5.85. The molecule has 4 aromatic rings. The van der Waals surface area contributed by atoms with Gasteiger partial charge in [0.15, 0.2) is 0 Å². The monoisotopic (exact) mass is 434 g/mol. The van der Waals surface area contributed by atoms with Crippen molar-refractivity contribution >= 4 is 10.9 Å². The molecule has 8 heteroatoms. The molecule has 3 N–H and O–H groups in total. The standard InChI is InChI=1S/C24H23FN4O3/c1-2-28-12-11-17-16-5-3-4-6-18(16)26-20(17)21(28)19-22(30)27-24(32)29(23(19)31)13-14-7-9-15(25)10-8-14/h3-10,21,26,31H,2,11-13H2,1H3,(H,27,30,32). The lowest BCUT2D eigenvalue weighted by Gasteiger charge is -2.35. The molecule has 1 aliphatic heterocycles. The van der Waals surface area contributed by atoms with Crippen LogP contribution in [-0.4, -0.2) is 37.6 Å². The van der Waals surface area contributed by atoms with Gasteiger partial charge in [0, 0.05) is 23.1 Å². The van der Waals surface area contributed by atoms with E-state index in [1.165, 1.54) is 12.1 Å². The first kappa shape index (κ1) is 20.3. The van der Waals surface area contributed by atoms with Crippen molar-refractivity contribution in [1.29, 1.82) is 0 Å². The summed E-state index contributed by atoms with van der Waals surface area (Å²) in [5.41, 5.74) is 2.37. The van der Waals surface area contributed by atoms with Crippen molar-refractivity contribution in [3.8, 4) is 5.88 Å². The summed E-state index contributed by atoms with van der Waals surface area (Å²) in [6.07, 6.45) is 0.817. The molecule has 1 unspecified atom stereocenters. The van der Waals surface area contributed by atoms with Crippen LogP contribution in [0.1, 0.15) is 35.3 Å². The second-order valence-corrected chi connectivity index (χ2v) is 8.05. The van der Waals surface area contributed by atoms with Crippen LogP contribution in [0.2, 0.25) is 0 Å². The molecule has 0 saturated carbocycles. The topological polar surface area (TPSA) is 94.1 Å². The molecule has 1 aliphatic rings. The Balaban J connectivity index is 1.69. The highest BCUT2D eigenvalue weighted by Gasteiger charge is 2.35. The Labute approximate surface area is 182 Å². The minimum atomic E-state index is -0.712. The van der Waals surface area contributed by atoms with E-state index in [2.05, 4.69) is 14.9 Å². The zero-order chi connectivity index (χ0) is 22.4. The number of nitrogens with one attached hydrogen (secondary N) is 2. The van der Waals surface area contributed by atoms with Crippen molar-refractivity contribution in [3.63, 3.8) is 0 Å². The fraction of sp³-hybridized carbons (Fsp3) is 0.250. The van der Waals surface area contributed by atoms with Gasteiger partial charge in [-0.05, 0) is 42.3 Å². The van der Waals surface area contributed by atoms with Crippen LogP contribution in [0.25, 0.3) is 10.9 Å². The molecule has 0 radical (unpaired) electrons. The van der Waals surface area contributed by atoms with Crippen molar-refractivity contribution in [2.75, 3.05) is 13.1 Å². The lowest BCUT2D eigenvalue weighted by Crippen LogP contribution is -2.41. The number of hydrogen-bond acceptors (Lipinski definition) is 4. The van der Waals surface area contributed by atoms with Gasteiger partial charge in [-0.25, -0.2) is 9.18 Å². The molecule has 0 amide bonds. The van der Waals surface area contributed by atoms with Gasteiger partial charge in [0.25, 0.3) is 5.56 Å². The SMILES string of the molecule is CCN1CCc2c([nH]c3ccccc23)C1c1c(O)n(Cc2ccc(F)cc2)c(=O)[nH]c1=O. The zero-order valence-corrected chi connectivity index (χ0v) is 17.6. The first-order valence-corrected chi connectivity index (χ1v) is 10.6. The fourth-order valence-corrected chi connectivity index (χ4v) is 4.70. The van der Waals surface area contributed by atoms with Crippen molar-refractivity contribution in [2.24, 2.45) is 0 Å².